The molecule has 0 aliphatic carbocycles. The van der Waals surface area contributed by atoms with E-state index in [9.17, 15) is 4.79 Å². The van der Waals surface area contributed by atoms with E-state index in [1.807, 2.05) is 18.2 Å². The number of para-hydroxylation sites is 1. The third kappa shape index (κ3) is 3.89. The molecule has 122 valence electrons. The zero-order chi connectivity index (χ0) is 13.9. The van der Waals surface area contributed by atoms with E-state index in [2.05, 4.69) is 15.3 Å². The lowest BCUT2D eigenvalue weighted by molar-refractivity contribution is -0.119. The molecule has 0 bridgehead atoms. The fourth-order valence-corrected chi connectivity index (χ4v) is 2.57. The Morgan fingerprint density at radius 2 is 2.09 bits per heavy atom. The van der Waals surface area contributed by atoms with Gasteiger partial charge in [-0.2, -0.15) is 0 Å². The minimum Gasteiger partial charge on any atom is -0.381 e. The minimum absolute atomic E-state index is 0. The van der Waals surface area contributed by atoms with Crippen molar-refractivity contribution in [3.8, 4) is 0 Å². The maximum Gasteiger partial charge on any atom is 0.241 e. The summed E-state index contributed by atoms with van der Waals surface area (Å²) in [5, 5.41) is 2.88. The Hall–Kier alpha value is -1.34. The number of aromatic amines is 1. The first-order valence-electron chi connectivity index (χ1n) is 6.82. The number of nitrogens with one attached hydrogen (secondary N) is 2. The van der Waals surface area contributed by atoms with Crippen molar-refractivity contribution in [3.63, 3.8) is 0 Å². The Morgan fingerprint density at radius 3 is 2.82 bits per heavy atom. The number of benzene rings is 1. The lowest BCUT2D eigenvalue weighted by Crippen LogP contribution is -2.44. The molecular weight excluding hydrogens is 327 g/mol. The molecule has 8 heteroatoms. The van der Waals surface area contributed by atoms with E-state index in [-0.39, 0.29) is 36.6 Å². The Labute approximate surface area is 141 Å². The average molecular weight is 347 g/mol. The summed E-state index contributed by atoms with van der Waals surface area (Å²) in [5.74, 6) is 0.0227. The molecule has 2 heterocycles. The van der Waals surface area contributed by atoms with Gasteiger partial charge >= 0.3 is 0 Å². The highest BCUT2D eigenvalue weighted by molar-refractivity contribution is 6.01. The molecule has 4 N–H and O–H groups in total. The van der Waals surface area contributed by atoms with Crippen molar-refractivity contribution in [3.05, 3.63) is 24.5 Å². The zero-order valence-electron chi connectivity index (χ0n) is 12.0. The standard InChI is InChI=1S/C14H18N4O2.2ClH/c15-12(9-4-6-20-7-5-9)14(19)18-11-3-1-2-10-13(11)17-8-16-10;;/h1-3,8-9,12H,4-7,15H2,(H,16,17)(H,18,19);2*1H. The maximum absolute atomic E-state index is 12.3. The SMILES string of the molecule is Cl.Cl.NC(C(=O)Nc1cccc2[nH]cnc12)C1CCOCC1. The predicted octanol–water partition coefficient (Wildman–Crippen LogP) is 2.10. The molecule has 2 aromatic rings. The molecule has 1 aromatic heterocycles. The Morgan fingerprint density at radius 1 is 1.36 bits per heavy atom. The number of ether oxygens (including phenoxy) is 1. The second-order valence-electron chi connectivity index (χ2n) is 5.07. The van der Waals surface area contributed by atoms with Crippen molar-refractivity contribution in [2.45, 2.75) is 18.9 Å². The summed E-state index contributed by atoms with van der Waals surface area (Å²) in [4.78, 5) is 19.5. The summed E-state index contributed by atoms with van der Waals surface area (Å²) in [7, 11) is 0. The lowest BCUT2D eigenvalue weighted by atomic mass is 9.92. The Balaban J connectivity index is 0.00000121. The predicted molar refractivity (Wildman–Crippen MR) is 90.7 cm³/mol. The molecule has 1 aromatic carbocycles. The van der Waals surface area contributed by atoms with Gasteiger partial charge in [0.1, 0.15) is 5.52 Å². The molecule has 1 amide bonds. The molecular formula is C14H20Cl2N4O2. The molecule has 1 aliphatic heterocycles. The van der Waals surface area contributed by atoms with Gasteiger partial charge in [-0.1, -0.05) is 6.07 Å². The van der Waals surface area contributed by atoms with Crippen LogP contribution in [0.2, 0.25) is 0 Å². The molecule has 1 fully saturated rings. The van der Waals surface area contributed by atoms with Gasteiger partial charge in [-0.25, -0.2) is 4.98 Å². The molecule has 3 rings (SSSR count). The topological polar surface area (TPSA) is 93.0 Å². The van der Waals surface area contributed by atoms with Gasteiger partial charge in [0.05, 0.1) is 23.6 Å². The summed E-state index contributed by atoms with van der Waals surface area (Å²) in [6.07, 6.45) is 3.28. The van der Waals surface area contributed by atoms with Gasteiger partial charge in [-0.15, -0.1) is 24.8 Å². The third-order valence-electron chi connectivity index (χ3n) is 3.78. The van der Waals surface area contributed by atoms with Gasteiger partial charge in [-0.3, -0.25) is 4.79 Å². The highest BCUT2D eigenvalue weighted by Crippen LogP contribution is 2.22. The van der Waals surface area contributed by atoms with Crippen LogP contribution in [0.5, 0.6) is 0 Å². The summed E-state index contributed by atoms with van der Waals surface area (Å²) in [6, 6.07) is 5.11. The van der Waals surface area contributed by atoms with Crippen LogP contribution in [-0.2, 0) is 9.53 Å². The van der Waals surface area contributed by atoms with E-state index in [1.165, 1.54) is 0 Å². The van der Waals surface area contributed by atoms with Crippen LogP contribution < -0.4 is 11.1 Å². The van der Waals surface area contributed by atoms with Crippen LogP contribution in [0.3, 0.4) is 0 Å². The smallest absolute Gasteiger partial charge is 0.241 e. The first kappa shape index (κ1) is 18.7. The molecule has 1 aliphatic rings. The van der Waals surface area contributed by atoms with Gasteiger partial charge < -0.3 is 20.8 Å². The molecule has 0 spiro atoms. The highest BCUT2D eigenvalue weighted by atomic mass is 35.5. The van der Waals surface area contributed by atoms with Crippen molar-refractivity contribution in [1.29, 1.82) is 0 Å². The number of anilines is 1. The minimum atomic E-state index is -0.506. The molecule has 1 atom stereocenters. The van der Waals surface area contributed by atoms with E-state index in [0.29, 0.717) is 18.9 Å². The van der Waals surface area contributed by atoms with E-state index < -0.39 is 6.04 Å². The van der Waals surface area contributed by atoms with Crippen LogP contribution in [0.25, 0.3) is 11.0 Å². The second-order valence-corrected chi connectivity index (χ2v) is 5.07. The summed E-state index contributed by atoms with van der Waals surface area (Å²) in [6.45, 7) is 1.36. The lowest BCUT2D eigenvalue weighted by Gasteiger charge is -2.26. The fraction of sp³-hybridized carbons (Fsp3) is 0.429. The first-order chi connectivity index (χ1) is 9.75. The Kier molecular flexibility index (Phi) is 7.09. The summed E-state index contributed by atoms with van der Waals surface area (Å²) >= 11 is 0. The normalized spacial score (nSPS) is 16.4. The van der Waals surface area contributed by atoms with Crippen LogP contribution in [0.1, 0.15) is 12.8 Å². The van der Waals surface area contributed by atoms with Crippen LogP contribution in [0.15, 0.2) is 24.5 Å². The number of nitrogens with zero attached hydrogens (tertiary/aromatic N) is 1. The maximum atomic E-state index is 12.3. The molecule has 6 nitrogen and oxygen atoms in total. The zero-order valence-corrected chi connectivity index (χ0v) is 13.6. The van der Waals surface area contributed by atoms with E-state index >= 15 is 0 Å². The molecule has 0 saturated carbocycles. The largest absolute Gasteiger partial charge is 0.381 e. The van der Waals surface area contributed by atoms with Gasteiger partial charge in [0.2, 0.25) is 5.91 Å². The van der Waals surface area contributed by atoms with Crippen LogP contribution in [-0.4, -0.2) is 35.1 Å². The van der Waals surface area contributed by atoms with Gasteiger partial charge in [0.25, 0.3) is 0 Å². The van der Waals surface area contributed by atoms with Crippen LogP contribution in [0, 0.1) is 5.92 Å². The van der Waals surface area contributed by atoms with E-state index in [0.717, 1.165) is 23.9 Å². The number of hydrogen-bond donors (Lipinski definition) is 3. The quantitative estimate of drug-likeness (QED) is 0.793. The summed E-state index contributed by atoms with van der Waals surface area (Å²) < 4.78 is 5.29. The molecule has 1 saturated heterocycles. The van der Waals surface area contributed by atoms with Crippen molar-refractivity contribution < 1.29 is 9.53 Å². The number of aromatic nitrogens is 2. The van der Waals surface area contributed by atoms with Gasteiger partial charge in [0, 0.05) is 13.2 Å². The second kappa shape index (κ2) is 8.33. The van der Waals surface area contributed by atoms with Crippen molar-refractivity contribution in [2.24, 2.45) is 11.7 Å². The van der Waals surface area contributed by atoms with Gasteiger partial charge in [0.15, 0.2) is 0 Å². The number of halogens is 2. The number of fused-ring (bicyclic) bond motifs is 1. The Bertz CT molecular complexity index is 614. The summed E-state index contributed by atoms with van der Waals surface area (Å²) in [5.41, 5.74) is 8.40. The average Bonchev–Trinajstić information content (AvgIpc) is 2.97. The first-order valence-corrected chi connectivity index (χ1v) is 6.82. The van der Waals surface area contributed by atoms with Crippen molar-refractivity contribution >= 4 is 47.4 Å². The van der Waals surface area contributed by atoms with Crippen molar-refractivity contribution in [1.82, 2.24) is 9.97 Å². The number of hydrogen-bond acceptors (Lipinski definition) is 4. The van der Waals surface area contributed by atoms with Gasteiger partial charge in [-0.05, 0) is 30.9 Å². The number of carbonyl (C=O) groups excluding carboxylic acids is 1. The number of amides is 1. The molecule has 0 radical (unpaired) electrons. The van der Waals surface area contributed by atoms with Crippen LogP contribution >= 0.6 is 24.8 Å². The number of carbonyl (C=O) groups is 1. The van der Waals surface area contributed by atoms with E-state index in [4.69, 9.17) is 10.5 Å². The molecule has 22 heavy (non-hydrogen) atoms. The van der Waals surface area contributed by atoms with E-state index in [1.54, 1.807) is 6.33 Å². The van der Waals surface area contributed by atoms with Crippen molar-refractivity contribution in [2.75, 3.05) is 18.5 Å². The number of rotatable bonds is 3. The van der Waals surface area contributed by atoms with Crippen LogP contribution in [0.4, 0.5) is 5.69 Å². The number of H-pyrrole nitrogens is 1. The highest BCUT2D eigenvalue weighted by Gasteiger charge is 2.26. The number of nitrogens with two attached hydrogens (primary N) is 1. The monoisotopic (exact) mass is 346 g/mol. The number of imidazole rings is 1. The molecule has 1 unspecified atom stereocenters. The third-order valence-corrected chi connectivity index (χ3v) is 3.78. The fourth-order valence-electron chi connectivity index (χ4n) is 2.57.